The van der Waals surface area contributed by atoms with Crippen LogP contribution in [0.25, 0.3) is 0 Å². The molecule has 25 heavy (non-hydrogen) atoms. The number of hydrogen-bond donors (Lipinski definition) is 1. The van der Waals surface area contributed by atoms with Gasteiger partial charge in [0.25, 0.3) is 5.69 Å². The minimum Gasteiger partial charge on any atom is -0.454 e. The summed E-state index contributed by atoms with van der Waals surface area (Å²) in [5.74, 6) is 1.10. The summed E-state index contributed by atoms with van der Waals surface area (Å²) in [6, 6.07) is 2.80. The van der Waals surface area contributed by atoms with E-state index in [1.807, 2.05) is 0 Å². The van der Waals surface area contributed by atoms with Crippen LogP contribution in [0.3, 0.4) is 0 Å². The Labute approximate surface area is 144 Å². The molecule has 8 nitrogen and oxygen atoms in total. The number of nitrogens with zero attached hydrogens (tertiary/aromatic N) is 2. The molecule has 2 aliphatic carbocycles. The first-order valence-corrected chi connectivity index (χ1v) is 8.41. The van der Waals surface area contributed by atoms with Crippen LogP contribution >= 0.6 is 0 Å². The van der Waals surface area contributed by atoms with E-state index in [1.54, 1.807) is 0 Å². The molecule has 3 atom stereocenters. The molecule has 0 aromatic heterocycles. The van der Waals surface area contributed by atoms with Crippen LogP contribution in [0, 0.1) is 27.4 Å². The van der Waals surface area contributed by atoms with Crippen molar-refractivity contribution in [2.45, 2.75) is 32.6 Å². The predicted octanol–water partition coefficient (Wildman–Crippen LogP) is 2.60. The summed E-state index contributed by atoms with van der Waals surface area (Å²) in [4.78, 5) is 23.1. The number of amides is 1. The van der Waals surface area contributed by atoms with Crippen molar-refractivity contribution in [3.8, 4) is 11.5 Å². The lowest BCUT2D eigenvalue weighted by molar-refractivity contribution is -0.385. The molecule has 1 aromatic rings. The van der Waals surface area contributed by atoms with Gasteiger partial charge in [-0.3, -0.25) is 14.9 Å². The predicted molar refractivity (Wildman–Crippen MR) is 88.5 cm³/mol. The van der Waals surface area contributed by atoms with E-state index in [-0.39, 0.29) is 35.3 Å². The molecule has 4 rings (SSSR count). The Bertz CT molecular complexity index is 778. The second kappa shape index (κ2) is 5.72. The highest BCUT2D eigenvalue weighted by atomic mass is 16.7. The van der Waals surface area contributed by atoms with Crippen LogP contribution in [0.1, 0.15) is 38.2 Å². The molecule has 8 heteroatoms. The molecule has 2 fully saturated rings. The average Bonchev–Trinajstić information content (AvgIpc) is 2.95. The Morgan fingerprint density at radius 3 is 2.84 bits per heavy atom. The van der Waals surface area contributed by atoms with Crippen molar-refractivity contribution < 1.29 is 19.2 Å². The highest BCUT2D eigenvalue weighted by Gasteiger charge is 2.64. The molecule has 1 aromatic carbocycles. The number of benzene rings is 1. The van der Waals surface area contributed by atoms with Gasteiger partial charge in [-0.05, 0) is 30.2 Å². The second-order valence-electron chi connectivity index (χ2n) is 7.09. The molecular formula is C17H19N3O5. The first-order valence-electron chi connectivity index (χ1n) is 8.41. The minimum atomic E-state index is -0.512. The fourth-order valence-electron chi connectivity index (χ4n) is 4.29. The number of hydrazone groups is 1. The third-order valence-electron chi connectivity index (χ3n) is 5.71. The van der Waals surface area contributed by atoms with Crippen LogP contribution in [0.5, 0.6) is 11.5 Å². The smallest absolute Gasteiger partial charge is 0.282 e. The number of ether oxygens (including phenoxy) is 2. The number of nitro benzene ring substituents is 1. The van der Waals surface area contributed by atoms with Crippen molar-refractivity contribution in [1.29, 1.82) is 0 Å². The number of rotatable bonds is 4. The van der Waals surface area contributed by atoms with Gasteiger partial charge in [0.2, 0.25) is 12.7 Å². The Kier molecular flexibility index (Phi) is 3.63. The van der Waals surface area contributed by atoms with Gasteiger partial charge in [0.1, 0.15) is 0 Å². The summed E-state index contributed by atoms with van der Waals surface area (Å²) in [6.07, 6.45) is 5.80. The van der Waals surface area contributed by atoms with Crippen molar-refractivity contribution >= 4 is 17.8 Å². The number of fused-ring (bicyclic) bond motifs is 2. The van der Waals surface area contributed by atoms with E-state index < -0.39 is 4.92 Å². The monoisotopic (exact) mass is 345 g/mol. The fourth-order valence-corrected chi connectivity index (χ4v) is 4.29. The van der Waals surface area contributed by atoms with E-state index in [0.717, 1.165) is 12.8 Å². The zero-order chi connectivity index (χ0) is 17.6. The third kappa shape index (κ3) is 2.61. The minimum absolute atomic E-state index is 0.00103. The Hall–Kier alpha value is -2.64. The summed E-state index contributed by atoms with van der Waals surface area (Å²) < 4.78 is 10.4. The SMILES string of the molecule is C[C@@]12CCCC[C@H]1[C@@H]2C(=O)N/N=C\c1cc2c(cc1[N+](=O)[O-])OCO2. The molecule has 0 saturated heterocycles. The lowest BCUT2D eigenvalue weighted by Gasteiger charge is -2.15. The van der Waals surface area contributed by atoms with Crippen LogP contribution in [0.2, 0.25) is 0 Å². The maximum Gasteiger partial charge on any atom is 0.282 e. The molecule has 1 amide bonds. The molecular weight excluding hydrogens is 326 g/mol. The van der Waals surface area contributed by atoms with E-state index in [0.29, 0.717) is 17.4 Å². The van der Waals surface area contributed by atoms with Gasteiger partial charge >= 0.3 is 0 Å². The van der Waals surface area contributed by atoms with Gasteiger partial charge in [0.15, 0.2) is 11.5 Å². The zero-order valence-corrected chi connectivity index (χ0v) is 13.9. The molecule has 1 aliphatic heterocycles. The molecule has 132 valence electrons. The molecule has 3 aliphatic rings. The van der Waals surface area contributed by atoms with E-state index in [1.165, 1.54) is 31.2 Å². The molecule has 1 heterocycles. The molecule has 0 bridgehead atoms. The van der Waals surface area contributed by atoms with Gasteiger partial charge in [0.05, 0.1) is 22.8 Å². The summed E-state index contributed by atoms with van der Waals surface area (Å²) >= 11 is 0. The molecule has 0 unspecified atom stereocenters. The number of carbonyl (C=O) groups excluding carboxylic acids is 1. The lowest BCUT2D eigenvalue weighted by Crippen LogP contribution is -2.22. The fraction of sp³-hybridized carbons (Fsp3) is 0.529. The van der Waals surface area contributed by atoms with Crippen LogP contribution in [-0.4, -0.2) is 23.8 Å². The highest BCUT2D eigenvalue weighted by molar-refractivity contribution is 5.89. The summed E-state index contributed by atoms with van der Waals surface area (Å²) in [6.45, 7) is 2.19. The second-order valence-corrected chi connectivity index (χ2v) is 7.09. The largest absolute Gasteiger partial charge is 0.454 e. The van der Waals surface area contributed by atoms with Crippen LogP contribution < -0.4 is 14.9 Å². The molecule has 0 spiro atoms. The number of hydrogen-bond acceptors (Lipinski definition) is 6. The van der Waals surface area contributed by atoms with Crippen LogP contribution in [0.15, 0.2) is 17.2 Å². The van der Waals surface area contributed by atoms with Crippen molar-refractivity contribution in [1.82, 2.24) is 5.43 Å². The van der Waals surface area contributed by atoms with Crippen molar-refractivity contribution in [2.75, 3.05) is 6.79 Å². The first kappa shape index (κ1) is 15.9. The van der Waals surface area contributed by atoms with Gasteiger partial charge in [-0.2, -0.15) is 5.10 Å². The van der Waals surface area contributed by atoms with Crippen LogP contribution in [0.4, 0.5) is 5.69 Å². The Morgan fingerprint density at radius 1 is 1.40 bits per heavy atom. The van der Waals surface area contributed by atoms with Gasteiger partial charge in [-0.15, -0.1) is 0 Å². The molecule has 0 radical (unpaired) electrons. The van der Waals surface area contributed by atoms with Gasteiger partial charge in [-0.1, -0.05) is 19.8 Å². The summed E-state index contributed by atoms with van der Waals surface area (Å²) in [5.41, 5.74) is 2.76. The van der Waals surface area contributed by atoms with E-state index in [2.05, 4.69) is 17.5 Å². The van der Waals surface area contributed by atoms with E-state index in [9.17, 15) is 14.9 Å². The van der Waals surface area contributed by atoms with Gasteiger partial charge in [0, 0.05) is 5.92 Å². The topological polar surface area (TPSA) is 103 Å². The van der Waals surface area contributed by atoms with Crippen molar-refractivity contribution in [2.24, 2.45) is 22.4 Å². The van der Waals surface area contributed by atoms with Gasteiger partial charge < -0.3 is 9.47 Å². The van der Waals surface area contributed by atoms with E-state index in [4.69, 9.17) is 9.47 Å². The Balaban J connectivity index is 1.47. The third-order valence-corrected chi connectivity index (χ3v) is 5.71. The normalized spacial score (nSPS) is 29.3. The average molecular weight is 345 g/mol. The first-order chi connectivity index (χ1) is 12.0. The molecule has 1 N–H and O–H groups in total. The maximum absolute atomic E-state index is 12.4. The molecule has 2 saturated carbocycles. The standard InChI is InChI=1S/C17H19N3O5/c1-17-5-3-2-4-11(17)15(17)16(21)19-18-8-10-6-13-14(25-9-24-13)7-12(10)20(22)23/h6-8,11,15H,2-5,9H2,1H3,(H,19,21)/b18-8-/t11-,15+,17+/m0/s1. The number of nitrogens with one attached hydrogen (secondary N) is 1. The Morgan fingerprint density at radius 2 is 2.16 bits per heavy atom. The number of carbonyl (C=O) groups is 1. The van der Waals surface area contributed by atoms with Crippen molar-refractivity contribution in [3.05, 3.63) is 27.8 Å². The van der Waals surface area contributed by atoms with Crippen LogP contribution in [-0.2, 0) is 4.79 Å². The highest BCUT2D eigenvalue weighted by Crippen LogP contribution is 2.66. The number of nitro groups is 1. The quantitative estimate of drug-likeness (QED) is 0.513. The lowest BCUT2D eigenvalue weighted by atomic mass is 9.90. The zero-order valence-electron chi connectivity index (χ0n) is 13.9. The summed E-state index contributed by atoms with van der Waals surface area (Å²) in [5, 5.41) is 15.1. The van der Waals surface area contributed by atoms with Gasteiger partial charge in [-0.25, -0.2) is 5.43 Å². The maximum atomic E-state index is 12.4. The van der Waals surface area contributed by atoms with Crippen molar-refractivity contribution in [3.63, 3.8) is 0 Å². The summed E-state index contributed by atoms with van der Waals surface area (Å²) in [7, 11) is 0. The van der Waals surface area contributed by atoms with E-state index >= 15 is 0 Å².